The molecule has 0 bridgehead atoms. The van der Waals surface area contributed by atoms with E-state index >= 15 is 0 Å². The zero-order valence-corrected chi connectivity index (χ0v) is 11.0. The van der Waals surface area contributed by atoms with Gasteiger partial charge in [-0.05, 0) is 25.5 Å². The summed E-state index contributed by atoms with van der Waals surface area (Å²) in [5.74, 6) is 0.842. The second kappa shape index (κ2) is 6.33. The molecule has 2 aromatic rings. The number of aromatic nitrogens is 2. The molecule has 1 heterocycles. The van der Waals surface area contributed by atoms with E-state index in [4.69, 9.17) is 5.11 Å². The summed E-state index contributed by atoms with van der Waals surface area (Å²) in [6, 6.07) is 7.84. The van der Waals surface area contributed by atoms with E-state index in [1.54, 1.807) is 6.92 Å². The first kappa shape index (κ1) is 13.5. The molecule has 0 aliphatic heterocycles. The highest BCUT2D eigenvalue weighted by Gasteiger charge is 2.05. The lowest BCUT2D eigenvalue weighted by atomic mass is 10.2. The molecule has 1 aromatic heterocycles. The zero-order chi connectivity index (χ0) is 13.7. The van der Waals surface area contributed by atoms with Crippen LogP contribution in [0.25, 0.3) is 11.0 Å². The predicted octanol–water partition coefficient (Wildman–Crippen LogP) is 1.38. The van der Waals surface area contributed by atoms with E-state index in [2.05, 4.69) is 15.3 Å². The number of rotatable bonds is 6. The molecule has 5 heteroatoms. The van der Waals surface area contributed by atoms with Crippen LogP contribution >= 0.6 is 0 Å². The minimum absolute atomic E-state index is 0.0305. The third-order valence-electron chi connectivity index (χ3n) is 2.91. The van der Waals surface area contributed by atoms with Crippen molar-refractivity contribution in [3.05, 3.63) is 30.1 Å². The van der Waals surface area contributed by atoms with Gasteiger partial charge in [0.15, 0.2) is 0 Å². The molecule has 0 aliphatic rings. The molecule has 102 valence electrons. The van der Waals surface area contributed by atoms with Crippen LogP contribution in [0.4, 0.5) is 0 Å². The Morgan fingerprint density at radius 1 is 1.47 bits per heavy atom. The number of H-pyrrole nitrogens is 1. The Balaban J connectivity index is 1.77. The van der Waals surface area contributed by atoms with Crippen molar-refractivity contribution in [2.45, 2.75) is 32.3 Å². The predicted molar refractivity (Wildman–Crippen MR) is 73.7 cm³/mol. The number of para-hydroxylation sites is 2. The lowest BCUT2D eigenvalue weighted by Gasteiger charge is -2.05. The van der Waals surface area contributed by atoms with Gasteiger partial charge >= 0.3 is 0 Å². The number of aliphatic hydroxyl groups excluding tert-OH is 1. The SMILES string of the molecule is C[C@H](O)CCC(=O)NCCc1nc2ccccc2[nH]1. The molecule has 0 saturated heterocycles. The molecule has 0 aliphatic carbocycles. The average Bonchev–Trinajstić information content (AvgIpc) is 2.79. The number of fused-ring (bicyclic) bond motifs is 1. The van der Waals surface area contributed by atoms with E-state index in [9.17, 15) is 4.79 Å². The van der Waals surface area contributed by atoms with Gasteiger partial charge in [-0.15, -0.1) is 0 Å². The van der Waals surface area contributed by atoms with Gasteiger partial charge in [-0.3, -0.25) is 4.79 Å². The Labute approximate surface area is 112 Å². The number of benzene rings is 1. The van der Waals surface area contributed by atoms with Gasteiger partial charge in [0.2, 0.25) is 5.91 Å². The number of imidazole rings is 1. The second-order valence-electron chi connectivity index (χ2n) is 4.69. The Morgan fingerprint density at radius 2 is 2.26 bits per heavy atom. The Morgan fingerprint density at radius 3 is 3.00 bits per heavy atom. The first-order chi connectivity index (χ1) is 9.15. The average molecular weight is 261 g/mol. The molecule has 0 unspecified atom stereocenters. The van der Waals surface area contributed by atoms with Gasteiger partial charge in [-0.2, -0.15) is 0 Å². The minimum atomic E-state index is -0.430. The molecule has 3 N–H and O–H groups in total. The van der Waals surface area contributed by atoms with Gasteiger partial charge in [0.25, 0.3) is 0 Å². The van der Waals surface area contributed by atoms with Gasteiger partial charge in [0.05, 0.1) is 17.1 Å². The normalized spacial score (nSPS) is 12.5. The lowest BCUT2D eigenvalue weighted by Crippen LogP contribution is -2.26. The van der Waals surface area contributed by atoms with Crippen molar-refractivity contribution < 1.29 is 9.90 Å². The van der Waals surface area contributed by atoms with Crippen molar-refractivity contribution in [1.29, 1.82) is 0 Å². The summed E-state index contributed by atoms with van der Waals surface area (Å²) < 4.78 is 0. The van der Waals surface area contributed by atoms with Gasteiger partial charge < -0.3 is 15.4 Å². The molecule has 1 atom stereocenters. The van der Waals surface area contributed by atoms with E-state index in [1.807, 2.05) is 24.3 Å². The fourth-order valence-electron chi connectivity index (χ4n) is 1.87. The molecular weight excluding hydrogens is 242 g/mol. The highest BCUT2D eigenvalue weighted by molar-refractivity contribution is 5.76. The lowest BCUT2D eigenvalue weighted by molar-refractivity contribution is -0.121. The van der Waals surface area contributed by atoms with Crippen LogP contribution in [0.15, 0.2) is 24.3 Å². The summed E-state index contributed by atoms with van der Waals surface area (Å²) in [5, 5.41) is 11.9. The highest BCUT2D eigenvalue weighted by Crippen LogP contribution is 2.10. The summed E-state index contributed by atoms with van der Waals surface area (Å²) in [7, 11) is 0. The van der Waals surface area contributed by atoms with E-state index in [0.717, 1.165) is 16.9 Å². The molecule has 0 spiro atoms. The molecular formula is C14H19N3O2. The van der Waals surface area contributed by atoms with Crippen molar-refractivity contribution >= 4 is 16.9 Å². The summed E-state index contributed by atoms with van der Waals surface area (Å²) >= 11 is 0. The molecule has 1 aromatic carbocycles. The van der Waals surface area contributed by atoms with Crippen LogP contribution in [0.2, 0.25) is 0 Å². The van der Waals surface area contributed by atoms with E-state index < -0.39 is 6.10 Å². The largest absolute Gasteiger partial charge is 0.393 e. The maximum atomic E-state index is 11.5. The Kier molecular flexibility index (Phi) is 4.52. The maximum Gasteiger partial charge on any atom is 0.220 e. The number of aromatic amines is 1. The molecule has 0 saturated carbocycles. The molecule has 0 radical (unpaired) electrons. The zero-order valence-electron chi connectivity index (χ0n) is 11.0. The first-order valence-corrected chi connectivity index (χ1v) is 6.53. The molecule has 19 heavy (non-hydrogen) atoms. The van der Waals surface area contributed by atoms with Crippen LogP contribution in [-0.2, 0) is 11.2 Å². The standard InChI is InChI=1S/C14H19N3O2/c1-10(18)6-7-14(19)15-9-8-13-16-11-4-2-3-5-12(11)17-13/h2-5,10,18H,6-9H2,1H3,(H,15,19)(H,16,17)/t10-/m0/s1. The highest BCUT2D eigenvalue weighted by atomic mass is 16.3. The number of carbonyl (C=O) groups excluding carboxylic acids is 1. The maximum absolute atomic E-state index is 11.5. The van der Waals surface area contributed by atoms with Crippen molar-refractivity contribution in [3.63, 3.8) is 0 Å². The first-order valence-electron chi connectivity index (χ1n) is 6.53. The van der Waals surface area contributed by atoms with Crippen LogP contribution < -0.4 is 5.32 Å². The minimum Gasteiger partial charge on any atom is -0.393 e. The van der Waals surface area contributed by atoms with Gasteiger partial charge in [-0.1, -0.05) is 12.1 Å². The molecule has 1 amide bonds. The number of nitrogens with zero attached hydrogens (tertiary/aromatic N) is 1. The van der Waals surface area contributed by atoms with Crippen LogP contribution in [0.3, 0.4) is 0 Å². The topological polar surface area (TPSA) is 78.0 Å². The summed E-state index contributed by atoms with van der Waals surface area (Å²) in [5.41, 5.74) is 1.95. The number of nitrogens with one attached hydrogen (secondary N) is 2. The van der Waals surface area contributed by atoms with Gasteiger partial charge in [0.1, 0.15) is 5.82 Å². The number of carbonyl (C=O) groups is 1. The van der Waals surface area contributed by atoms with E-state index in [1.165, 1.54) is 0 Å². The van der Waals surface area contributed by atoms with Crippen molar-refractivity contribution in [2.24, 2.45) is 0 Å². The van der Waals surface area contributed by atoms with Crippen LogP contribution in [0.5, 0.6) is 0 Å². The third-order valence-corrected chi connectivity index (χ3v) is 2.91. The van der Waals surface area contributed by atoms with Crippen LogP contribution in [0, 0.1) is 0 Å². The van der Waals surface area contributed by atoms with Crippen molar-refractivity contribution in [1.82, 2.24) is 15.3 Å². The number of aliphatic hydroxyl groups is 1. The summed E-state index contributed by atoms with van der Waals surface area (Å²) in [4.78, 5) is 19.1. The Hall–Kier alpha value is -1.88. The summed E-state index contributed by atoms with van der Waals surface area (Å²) in [6.07, 6.45) is 1.10. The number of hydrogen-bond acceptors (Lipinski definition) is 3. The van der Waals surface area contributed by atoms with Crippen LogP contribution in [0.1, 0.15) is 25.6 Å². The quantitative estimate of drug-likeness (QED) is 0.735. The van der Waals surface area contributed by atoms with Crippen molar-refractivity contribution in [2.75, 3.05) is 6.54 Å². The molecule has 2 rings (SSSR count). The smallest absolute Gasteiger partial charge is 0.220 e. The van der Waals surface area contributed by atoms with Crippen molar-refractivity contribution in [3.8, 4) is 0 Å². The monoisotopic (exact) mass is 261 g/mol. The van der Waals surface area contributed by atoms with Crippen LogP contribution in [-0.4, -0.2) is 33.6 Å². The Bertz CT molecular complexity index is 515. The van der Waals surface area contributed by atoms with Gasteiger partial charge in [0, 0.05) is 19.4 Å². The molecule has 5 nitrogen and oxygen atoms in total. The van der Waals surface area contributed by atoms with E-state index in [0.29, 0.717) is 25.8 Å². The molecule has 0 fully saturated rings. The fraction of sp³-hybridized carbons (Fsp3) is 0.429. The summed E-state index contributed by atoms with van der Waals surface area (Å²) in [6.45, 7) is 2.24. The second-order valence-corrected chi connectivity index (χ2v) is 4.69. The number of hydrogen-bond donors (Lipinski definition) is 3. The fourth-order valence-corrected chi connectivity index (χ4v) is 1.87. The third kappa shape index (κ3) is 4.06. The number of amides is 1. The van der Waals surface area contributed by atoms with Gasteiger partial charge in [-0.25, -0.2) is 4.98 Å². The van der Waals surface area contributed by atoms with E-state index in [-0.39, 0.29) is 5.91 Å².